The van der Waals surface area contributed by atoms with E-state index in [2.05, 4.69) is 17.4 Å². The van der Waals surface area contributed by atoms with Crippen LogP contribution in [-0.4, -0.2) is 7.05 Å². The monoisotopic (exact) mass is 287 g/mol. The fourth-order valence-electron chi connectivity index (χ4n) is 3.56. The van der Waals surface area contributed by atoms with Gasteiger partial charge >= 0.3 is 0 Å². The van der Waals surface area contributed by atoms with Crippen molar-refractivity contribution < 1.29 is 8.78 Å². The van der Waals surface area contributed by atoms with Gasteiger partial charge in [0.05, 0.1) is 0 Å². The van der Waals surface area contributed by atoms with Gasteiger partial charge in [0.15, 0.2) is 0 Å². The van der Waals surface area contributed by atoms with Crippen molar-refractivity contribution in [2.45, 2.75) is 30.7 Å². The van der Waals surface area contributed by atoms with Crippen LogP contribution < -0.4 is 5.32 Å². The van der Waals surface area contributed by atoms with Gasteiger partial charge in [-0.05, 0) is 37.6 Å². The van der Waals surface area contributed by atoms with Crippen LogP contribution in [-0.2, 0) is 5.41 Å². The lowest BCUT2D eigenvalue weighted by atomic mass is 9.58. The zero-order chi connectivity index (χ0) is 14.9. The number of benzene rings is 2. The second kappa shape index (κ2) is 5.57. The molecule has 1 aliphatic carbocycles. The average molecular weight is 287 g/mol. The first-order valence-electron chi connectivity index (χ1n) is 7.36. The summed E-state index contributed by atoms with van der Waals surface area (Å²) < 4.78 is 28.4. The molecule has 0 heterocycles. The van der Waals surface area contributed by atoms with E-state index in [9.17, 15) is 8.78 Å². The van der Waals surface area contributed by atoms with Crippen LogP contribution in [0.2, 0.25) is 0 Å². The molecule has 1 N–H and O–H groups in total. The predicted molar refractivity (Wildman–Crippen MR) is 80.1 cm³/mol. The molecule has 0 bridgehead atoms. The molecule has 0 spiro atoms. The van der Waals surface area contributed by atoms with E-state index in [1.54, 1.807) is 7.05 Å². The van der Waals surface area contributed by atoms with Crippen molar-refractivity contribution in [2.75, 3.05) is 7.05 Å². The molecule has 21 heavy (non-hydrogen) atoms. The van der Waals surface area contributed by atoms with Gasteiger partial charge in [0, 0.05) is 17.0 Å². The largest absolute Gasteiger partial charge is 0.312 e. The van der Waals surface area contributed by atoms with E-state index in [-0.39, 0.29) is 17.0 Å². The van der Waals surface area contributed by atoms with Gasteiger partial charge in [-0.25, -0.2) is 8.78 Å². The first-order valence-corrected chi connectivity index (χ1v) is 7.36. The van der Waals surface area contributed by atoms with Gasteiger partial charge in [0.2, 0.25) is 0 Å². The van der Waals surface area contributed by atoms with E-state index < -0.39 is 11.6 Å². The van der Waals surface area contributed by atoms with Gasteiger partial charge in [0.1, 0.15) is 11.6 Å². The van der Waals surface area contributed by atoms with Crippen LogP contribution in [0.3, 0.4) is 0 Å². The number of halogens is 2. The molecule has 1 saturated carbocycles. The summed E-state index contributed by atoms with van der Waals surface area (Å²) >= 11 is 0. The van der Waals surface area contributed by atoms with Crippen molar-refractivity contribution in [1.82, 2.24) is 5.32 Å². The third-order valence-corrected chi connectivity index (χ3v) is 4.72. The van der Waals surface area contributed by atoms with Gasteiger partial charge in [-0.3, -0.25) is 0 Å². The quantitative estimate of drug-likeness (QED) is 0.881. The summed E-state index contributed by atoms with van der Waals surface area (Å²) in [5.41, 5.74) is 1.08. The van der Waals surface area contributed by atoms with Gasteiger partial charge in [-0.1, -0.05) is 42.8 Å². The van der Waals surface area contributed by atoms with Crippen molar-refractivity contribution in [3.8, 4) is 0 Å². The highest BCUT2D eigenvalue weighted by Gasteiger charge is 2.47. The van der Waals surface area contributed by atoms with Crippen LogP contribution in [0.1, 0.15) is 36.4 Å². The summed E-state index contributed by atoms with van der Waals surface area (Å²) in [5.74, 6) is -0.951. The summed E-state index contributed by atoms with van der Waals surface area (Å²) in [6, 6.07) is 13.8. The van der Waals surface area contributed by atoms with Crippen LogP contribution in [0, 0.1) is 11.6 Å². The molecule has 1 nitrogen and oxygen atoms in total. The smallest absolute Gasteiger partial charge is 0.130 e. The van der Waals surface area contributed by atoms with Crippen molar-refractivity contribution in [2.24, 2.45) is 0 Å². The molecule has 1 atom stereocenters. The van der Waals surface area contributed by atoms with Crippen molar-refractivity contribution >= 4 is 0 Å². The number of hydrogen-bond acceptors (Lipinski definition) is 1. The molecule has 2 aromatic carbocycles. The Balaban J connectivity index is 2.10. The fourth-order valence-corrected chi connectivity index (χ4v) is 3.56. The summed E-state index contributed by atoms with van der Waals surface area (Å²) in [5, 5.41) is 3.16. The van der Waals surface area contributed by atoms with Gasteiger partial charge in [-0.2, -0.15) is 0 Å². The number of likely N-dealkylation sites (N-methyl/N-ethyl adjacent to an activating group) is 1. The van der Waals surface area contributed by atoms with Crippen molar-refractivity contribution in [1.29, 1.82) is 0 Å². The zero-order valence-electron chi connectivity index (χ0n) is 12.1. The highest BCUT2D eigenvalue weighted by molar-refractivity contribution is 5.36. The molecule has 0 aromatic heterocycles. The van der Waals surface area contributed by atoms with Crippen molar-refractivity contribution in [3.63, 3.8) is 0 Å². The molecular weight excluding hydrogens is 268 g/mol. The lowest BCUT2D eigenvalue weighted by Crippen LogP contribution is -2.46. The van der Waals surface area contributed by atoms with Crippen LogP contribution in [0.25, 0.3) is 0 Å². The van der Waals surface area contributed by atoms with E-state index in [1.165, 1.54) is 18.2 Å². The van der Waals surface area contributed by atoms with Crippen LogP contribution in [0.5, 0.6) is 0 Å². The molecule has 0 aliphatic heterocycles. The summed E-state index contributed by atoms with van der Waals surface area (Å²) in [6.45, 7) is 0. The molecule has 1 unspecified atom stereocenters. The lowest BCUT2D eigenvalue weighted by Gasteiger charge is -2.48. The Labute approximate surface area is 124 Å². The minimum Gasteiger partial charge on any atom is -0.312 e. The SMILES string of the molecule is CNC(c1c(F)cccc1F)C1(c2ccccc2)CCC1. The molecule has 3 heteroatoms. The number of hydrogen-bond donors (Lipinski definition) is 1. The molecular formula is C18H19F2N. The van der Waals surface area contributed by atoms with E-state index >= 15 is 0 Å². The van der Waals surface area contributed by atoms with Crippen LogP contribution in [0.15, 0.2) is 48.5 Å². The molecule has 1 fully saturated rings. The Morgan fingerprint density at radius 1 is 0.952 bits per heavy atom. The van der Waals surface area contributed by atoms with E-state index in [1.807, 2.05) is 18.2 Å². The normalized spacial score (nSPS) is 18.0. The zero-order valence-corrected chi connectivity index (χ0v) is 12.1. The Morgan fingerprint density at radius 3 is 2.05 bits per heavy atom. The van der Waals surface area contributed by atoms with Crippen molar-refractivity contribution in [3.05, 3.63) is 71.3 Å². The number of rotatable bonds is 4. The summed E-state index contributed by atoms with van der Waals surface area (Å²) in [6.07, 6.45) is 2.97. The maximum atomic E-state index is 14.2. The maximum Gasteiger partial charge on any atom is 0.130 e. The maximum absolute atomic E-state index is 14.2. The van der Waals surface area contributed by atoms with Crippen LogP contribution >= 0.6 is 0 Å². The standard InChI is InChI=1S/C18H19F2N/c1-21-17(16-14(19)9-5-10-15(16)20)18(11-6-12-18)13-7-3-2-4-8-13/h2-5,7-10,17,21H,6,11-12H2,1H3. The second-order valence-corrected chi connectivity index (χ2v) is 5.73. The molecule has 0 radical (unpaired) electrons. The molecule has 3 rings (SSSR count). The Morgan fingerprint density at radius 2 is 1.57 bits per heavy atom. The predicted octanol–water partition coefficient (Wildman–Crippen LogP) is 4.35. The third-order valence-electron chi connectivity index (χ3n) is 4.72. The Hall–Kier alpha value is -1.74. The molecule has 2 aromatic rings. The van der Waals surface area contributed by atoms with Gasteiger partial charge in [-0.15, -0.1) is 0 Å². The molecule has 1 aliphatic rings. The van der Waals surface area contributed by atoms with E-state index in [0.717, 1.165) is 24.8 Å². The first-order chi connectivity index (χ1) is 10.2. The molecule has 110 valence electrons. The fraction of sp³-hybridized carbons (Fsp3) is 0.333. The lowest BCUT2D eigenvalue weighted by molar-refractivity contribution is 0.169. The van der Waals surface area contributed by atoms with Crippen LogP contribution in [0.4, 0.5) is 8.78 Å². The minimum atomic E-state index is -0.475. The highest BCUT2D eigenvalue weighted by atomic mass is 19.1. The minimum absolute atomic E-state index is 0.156. The first kappa shape index (κ1) is 14.2. The van der Waals surface area contributed by atoms with E-state index in [0.29, 0.717) is 0 Å². The molecule has 0 saturated heterocycles. The third kappa shape index (κ3) is 2.26. The number of nitrogens with one attached hydrogen (secondary N) is 1. The average Bonchev–Trinajstić information content (AvgIpc) is 2.45. The Bertz CT molecular complexity index is 600. The molecule has 0 amide bonds. The summed E-state index contributed by atoms with van der Waals surface area (Å²) in [4.78, 5) is 0. The topological polar surface area (TPSA) is 12.0 Å². The van der Waals surface area contributed by atoms with E-state index in [4.69, 9.17) is 0 Å². The van der Waals surface area contributed by atoms with Gasteiger partial charge < -0.3 is 5.32 Å². The Kier molecular flexibility index (Phi) is 3.77. The summed E-state index contributed by atoms with van der Waals surface area (Å²) in [7, 11) is 1.78. The second-order valence-electron chi connectivity index (χ2n) is 5.73. The highest BCUT2D eigenvalue weighted by Crippen LogP contribution is 2.52. The van der Waals surface area contributed by atoms with Gasteiger partial charge in [0.25, 0.3) is 0 Å².